The Labute approximate surface area is 138 Å². The molecule has 0 radical (unpaired) electrons. The van der Waals surface area contributed by atoms with Crippen LogP contribution in [0.2, 0.25) is 0 Å². The van der Waals surface area contributed by atoms with E-state index in [1.54, 1.807) is 13.2 Å². The van der Waals surface area contributed by atoms with Crippen LogP contribution in [0.5, 0.6) is 5.75 Å². The molecular formula is C14H12Br2N2O3. The molecule has 0 amide bonds. The lowest BCUT2D eigenvalue weighted by molar-refractivity contribution is -0.384. The molecule has 2 aromatic carbocycles. The van der Waals surface area contributed by atoms with Crippen molar-refractivity contribution in [2.75, 3.05) is 12.4 Å². The molecule has 0 atom stereocenters. The fourth-order valence-corrected chi connectivity index (χ4v) is 2.59. The molecular weight excluding hydrogens is 404 g/mol. The van der Waals surface area contributed by atoms with E-state index in [-0.39, 0.29) is 5.69 Å². The molecule has 5 nitrogen and oxygen atoms in total. The maximum Gasteiger partial charge on any atom is 0.270 e. The van der Waals surface area contributed by atoms with Crippen LogP contribution in [0.3, 0.4) is 0 Å². The molecule has 110 valence electrons. The quantitative estimate of drug-likeness (QED) is 0.565. The first-order valence-electron chi connectivity index (χ1n) is 6.01. The van der Waals surface area contributed by atoms with E-state index in [0.717, 1.165) is 20.2 Å². The van der Waals surface area contributed by atoms with Gasteiger partial charge in [-0.25, -0.2) is 0 Å². The van der Waals surface area contributed by atoms with Gasteiger partial charge in [-0.1, -0.05) is 15.9 Å². The van der Waals surface area contributed by atoms with E-state index in [1.165, 1.54) is 12.1 Å². The number of nitrogens with zero attached hydrogens (tertiary/aromatic N) is 1. The average molecular weight is 416 g/mol. The summed E-state index contributed by atoms with van der Waals surface area (Å²) in [7, 11) is 1.54. The van der Waals surface area contributed by atoms with Gasteiger partial charge in [-0.05, 0) is 40.2 Å². The first-order valence-corrected chi connectivity index (χ1v) is 7.60. The monoisotopic (exact) mass is 414 g/mol. The number of anilines is 1. The number of ether oxygens (including phenoxy) is 1. The van der Waals surface area contributed by atoms with Crippen molar-refractivity contribution in [3.63, 3.8) is 0 Å². The van der Waals surface area contributed by atoms with Gasteiger partial charge in [-0.15, -0.1) is 0 Å². The number of nitrogens with one attached hydrogen (secondary N) is 1. The third-order valence-corrected chi connectivity index (χ3v) is 4.06. The molecule has 21 heavy (non-hydrogen) atoms. The molecule has 2 aromatic rings. The second-order valence-corrected chi connectivity index (χ2v) is 6.00. The Hall–Kier alpha value is -1.60. The van der Waals surface area contributed by atoms with Crippen LogP contribution in [0.15, 0.2) is 45.3 Å². The zero-order valence-electron chi connectivity index (χ0n) is 11.1. The lowest BCUT2D eigenvalue weighted by atomic mass is 10.1. The molecule has 0 aliphatic carbocycles. The molecule has 0 unspecified atom stereocenters. The summed E-state index contributed by atoms with van der Waals surface area (Å²) >= 11 is 6.86. The van der Waals surface area contributed by atoms with E-state index in [1.807, 2.05) is 18.2 Å². The zero-order valence-corrected chi connectivity index (χ0v) is 14.3. The average Bonchev–Trinajstić information content (AvgIpc) is 2.47. The zero-order chi connectivity index (χ0) is 15.4. The van der Waals surface area contributed by atoms with Crippen LogP contribution >= 0.6 is 31.9 Å². The summed E-state index contributed by atoms with van der Waals surface area (Å²) in [5.74, 6) is 0.610. The summed E-state index contributed by atoms with van der Waals surface area (Å²) in [6.07, 6.45) is 0. The van der Waals surface area contributed by atoms with E-state index in [4.69, 9.17) is 4.74 Å². The van der Waals surface area contributed by atoms with Crippen molar-refractivity contribution >= 4 is 43.2 Å². The molecule has 7 heteroatoms. The summed E-state index contributed by atoms with van der Waals surface area (Å²) in [5, 5.41) is 14.1. The van der Waals surface area contributed by atoms with Crippen molar-refractivity contribution in [1.29, 1.82) is 0 Å². The molecule has 0 aliphatic heterocycles. The maximum absolute atomic E-state index is 10.9. The van der Waals surface area contributed by atoms with Crippen LogP contribution in [-0.2, 0) is 6.54 Å². The van der Waals surface area contributed by atoms with Gasteiger partial charge in [0.25, 0.3) is 5.69 Å². The highest BCUT2D eigenvalue weighted by Gasteiger charge is 2.11. The van der Waals surface area contributed by atoms with Gasteiger partial charge in [-0.2, -0.15) is 0 Å². The van der Waals surface area contributed by atoms with Gasteiger partial charge < -0.3 is 10.1 Å². The number of hydrogen-bond acceptors (Lipinski definition) is 4. The lowest BCUT2D eigenvalue weighted by Crippen LogP contribution is -2.03. The van der Waals surface area contributed by atoms with Crippen molar-refractivity contribution in [3.8, 4) is 5.75 Å². The van der Waals surface area contributed by atoms with Crippen LogP contribution in [0.25, 0.3) is 0 Å². The Kier molecular flexibility index (Phi) is 5.19. The van der Waals surface area contributed by atoms with E-state index in [9.17, 15) is 10.1 Å². The Balaban J connectivity index is 2.24. The summed E-state index contributed by atoms with van der Waals surface area (Å²) in [4.78, 5) is 10.4. The van der Waals surface area contributed by atoms with Crippen molar-refractivity contribution < 1.29 is 9.66 Å². The highest BCUT2D eigenvalue weighted by Crippen LogP contribution is 2.29. The number of nitro benzene ring substituents is 1. The lowest BCUT2D eigenvalue weighted by Gasteiger charge is -2.12. The van der Waals surface area contributed by atoms with E-state index < -0.39 is 4.92 Å². The minimum atomic E-state index is -0.419. The highest BCUT2D eigenvalue weighted by molar-refractivity contribution is 9.11. The van der Waals surface area contributed by atoms with Crippen LogP contribution < -0.4 is 10.1 Å². The molecule has 0 saturated heterocycles. The van der Waals surface area contributed by atoms with Gasteiger partial charge in [-0.3, -0.25) is 10.1 Å². The number of hydrogen-bond donors (Lipinski definition) is 1. The first kappa shape index (κ1) is 15.8. The van der Waals surface area contributed by atoms with E-state index in [0.29, 0.717) is 12.3 Å². The Morgan fingerprint density at radius 1 is 1.24 bits per heavy atom. The predicted molar refractivity (Wildman–Crippen MR) is 88.8 cm³/mol. The molecule has 0 saturated carbocycles. The van der Waals surface area contributed by atoms with Gasteiger partial charge >= 0.3 is 0 Å². The molecule has 0 fully saturated rings. The van der Waals surface area contributed by atoms with Gasteiger partial charge in [0.1, 0.15) is 5.75 Å². The van der Waals surface area contributed by atoms with E-state index >= 15 is 0 Å². The molecule has 0 bridgehead atoms. The Morgan fingerprint density at radius 3 is 2.67 bits per heavy atom. The largest absolute Gasteiger partial charge is 0.496 e. The van der Waals surface area contributed by atoms with Gasteiger partial charge in [0, 0.05) is 38.9 Å². The predicted octanol–water partition coefficient (Wildman–Crippen LogP) is 4.74. The summed E-state index contributed by atoms with van der Waals surface area (Å²) in [6, 6.07) is 10.3. The van der Waals surface area contributed by atoms with Crippen LogP contribution in [0.4, 0.5) is 11.4 Å². The first-order chi connectivity index (χ1) is 10.0. The second-order valence-electron chi connectivity index (χ2n) is 4.23. The molecule has 2 rings (SSSR count). The molecule has 0 aliphatic rings. The minimum Gasteiger partial charge on any atom is -0.496 e. The van der Waals surface area contributed by atoms with Gasteiger partial charge in [0.05, 0.1) is 12.0 Å². The number of methoxy groups -OCH3 is 1. The molecule has 0 spiro atoms. The normalized spacial score (nSPS) is 10.2. The number of halogens is 2. The maximum atomic E-state index is 10.9. The molecule has 0 aromatic heterocycles. The number of non-ortho nitro benzene ring substituents is 1. The standard InChI is InChI=1S/C14H12Br2N2O3/c1-21-14-5-3-11(18(19)20)6-9(14)8-17-13-7-10(15)2-4-12(13)16/h2-7,17H,8H2,1H3. The van der Waals surface area contributed by atoms with Crippen molar-refractivity contribution in [1.82, 2.24) is 0 Å². The smallest absolute Gasteiger partial charge is 0.270 e. The Bertz CT molecular complexity index is 677. The molecule has 0 heterocycles. The molecule has 1 N–H and O–H groups in total. The third-order valence-electron chi connectivity index (χ3n) is 2.87. The fourth-order valence-electron chi connectivity index (χ4n) is 1.84. The summed E-state index contributed by atoms with van der Waals surface area (Å²) < 4.78 is 7.09. The number of benzene rings is 2. The van der Waals surface area contributed by atoms with Crippen LogP contribution in [-0.4, -0.2) is 12.0 Å². The Morgan fingerprint density at radius 2 is 2.00 bits per heavy atom. The minimum absolute atomic E-state index is 0.0425. The number of rotatable bonds is 5. The third kappa shape index (κ3) is 3.95. The topological polar surface area (TPSA) is 64.4 Å². The van der Waals surface area contributed by atoms with Crippen molar-refractivity contribution in [2.24, 2.45) is 0 Å². The number of nitro groups is 1. The fraction of sp³-hybridized carbons (Fsp3) is 0.143. The highest BCUT2D eigenvalue weighted by atomic mass is 79.9. The second kappa shape index (κ2) is 6.91. The van der Waals surface area contributed by atoms with E-state index in [2.05, 4.69) is 37.2 Å². The van der Waals surface area contributed by atoms with Crippen molar-refractivity contribution in [2.45, 2.75) is 6.54 Å². The summed E-state index contributed by atoms with van der Waals surface area (Å²) in [6.45, 7) is 0.417. The van der Waals surface area contributed by atoms with Crippen LogP contribution in [0.1, 0.15) is 5.56 Å². The van der Waals surface area contributed by atoms with Gasteiger partial charge in [0.2, 0.25) is 0 Å². The SMILES string of the molecule is COc1ccc([N+](=O)[O-])cc1CNc1cc(Br)ccc1Br. The van der Waals surface area contributed by atoms with Crippen molar-refractivity contribution in [3.05, 3.63) is 61.0 Å². The van der Waals surface area contributed by atoms with Crippen LogP contribution in [0, 0.1) is 10.1 Å². The summed E-state index contributed by atoms with van der Waals surface area (Å²) in [5.41, 5.74) is 1.65. The van der Waals surface area contributed by atoms with Gasteiger partial charge in [0.15, 0.2) is 0 Å².